The van der Waals surface area contributed by atoms with Gasteiger partial charge < -0.3 is 5.32 Å². The Morgan fingerprint density at radius 2 is 1.58 bits per heavy atom. The largest absolute Gasteiger partial charge is 0.313 e. The molecule has 1 unspecified atom stereocenters. The van der Waals surface area contributed by atoms with Crippen LogP contribution in [0.3, 0.4) is 0 Å². The molecule has 0 aliphatic heterocycles. The van der Waals surface area contributed by atoms with Crippen molar-refractivity contribution in [3.63, 3.8) is 0 Å². The first-order chi connectivity index (χ1) is 9.13. The van der Waals surface area contributed by atoms with Crippen LogP contribution in [0, 0.1) is 5.41 Å². The first-order valence-electron chi connectivity index (χ1n) is 7.90. The monoisotopic (exact) mass is 259 g/mol. The molecule has 1 aromatic carbocycles. The summed E-state index contributed by atoms with van der Waals surface area (Å²) in [5.41, 5.74) is 3.39. The molecule has 1 saturated carbocycles. The van der Waals surface area contributed by atoms with E-state index < -0.39 is 0 Å². The highest BCUT2D eigenvalue weighted by atomic mass is 14.9. The Balaban J connectivity index is 2.26. The van der Waals surface area contributed by atoms with Gasteiger partial charge in [0.05, 0.1) is 0 Å². The van der Waals surface area contributed by atoms with Crippen molar-refractivity contribution in [2.45, 2.75) is 64.8 Å². The fourth-order valence-corrected chi connectivity index (χ4v) is 3.83. The lowest BCUT2D eigenvalue weighted by atomic mass is 9.73. The lowest BCUT2D eigenvalue weighted by Gasteiger charge is -2.37. The van der Waals surface area contributed by atoms with Crippen molar-refractivity contribution >= 4 is 0 Å². The Morgan fingerprint density at radius 1 is 1.05 bits per heavy atom. The molecule has 19 heavy (non-hydrogen) atoms. The molecule has 2 rings (SSSR count). The molecule has 1 N–H and O–H groups in total. The summed E-state index contributed by atoms with van der Waals surface area (Å²) in [5, 5.41) is 3.60. The van der Waals surface area contributed by atoms with E-state index in [1.807, 2.05) is 0 Å². The van der Waals surface area contributed by atoms with E-state index in [1.165, 1.54) is 43.2 Å². The molecule has 0 saturated heterocycles. The number of hydrogen-bond acceptors (Lipinski definition) is 1. The highest BCUT2D eigenvalue weighted by Gasteiger charge is 2.39. The van der Waals surface area contributed by atoms with Crippen molar-refractivity contribution in [2.75, 3.05) is 7.05 Å². The maximum atomic E-state index is 3.60. The zero-order valence-corrected chi connectivity index (χ0v) is 13.0. The van der Waals surface area contributed by atoms with Crippen LogP contribution in [0.15, 0.2) is 24.3 Å². The molecule has 1 aliphatic rings. The Bertz CT molecular complexity index is 385. The van der Waals surface area contributed by atoms with Crippen molar-refractivity contribution in [1.82, 2.24) is 5.32 Å². The van der Waals surface area contributed by atoms with E-state index in [4.69, 9.17) is 0 Å². The summed E-state index contributed by atoms with van der Waals surface area (Å²) < 4.78 is 0. The van der Waals surface area contributed by atoms with Gasteiger partial charge >= 0.3 is 0 Å². The molecule has 1 aliphatic carbocycles. The molecule has 1 heteroatoms. The number of benzene rings is 1. The molecule has 106 valence electrons. The standard InChI is InChI=1S/C18H29N/c1-5-18(12-6-7-13-18)17(19-4)16-10-8-15(9-11-16)14(2)3/h8-11,14,17,19H,5-7,12-13H2,1-4H3. The van der Waals surface area contributed by atoms with E-state index in [9.17, 15) is 0 Å². The first-order valence-corrected chi connectivity index (χ1v) is 7.90. The fourth-order valence-electron chi connectivity index (χ4n) is 3.83. The summed E-state index contributed by atoms with van der Waals surface area (Å²) in [6.07, 6.45) is 6.83. The Labute approximate surface area is 118 Å². The van der Waals surface area contributed by atoms with Crippen LogP contribution in [0.4, 0.5) is 0 Å². The number of rotatable bonds is 5. The van der Waals surface area contributed by atoms with Crippen molar-refractivity contribution in [2.24, 2.45) is 5.41 Å². The van der Waals surface area contributed by atoms with Crippen molar-refractivity contribution in [3.05, 3.63) is 35.4 Å². The number of nitrogens with one attached hydrogen (secondary N) is 1. The zero-order chi connectivity index (χ0) is 13.9. The van der Waals surface area contributed by atoms with E-state index >= 15 is 0 Å². The van der Waals surface area contributed by atoms with Crippen LogP contribution in [0.5, 0.6) is 0 Å². The van der Waals surface area contributed by atoms with Crippen LogP contribution >= 0.6 is 0 Å². The topological polar surface area (TPSA) is 12.0 Å². The van der Waals surface area contributed by atoms with E-state index in [0.717, 1.165) is 0 Å². The van der Waals surface area contributed by atoms with E-state index in [0.29, 0.717) is 17.4 Å². The SMILES string of the molecule is CCC1(C(NC)c2ccc(C(C)C)cc2)CCCC1. The second kappa shape index (κ2) is 6.09. The molecule has 1 atom stereocenters. The average molecular weight is 259 g/mol. The third kappa shape index (κ3) is 2.86. The molecule has 0 heterocycles. The zero-order valence-electron chi connectivity index (χ0n) is 13.0. The number of hydrogen-bond donors (Lipinski definition) is 1. The molecule has 1 fully saturated rings. The maximum Gasteiger partial charge on any atom is 0.0374 e. The molecule has 0 bridgehead atoms. The van der Waals surface area contributed by atoms with Gasteiger partial charge in [-0.25, -0.2) is 0 Å². The van der Waals surface area contributed by atoms with Crippen molar-refractivity contribution < 1.29 is 0 Å². The van der Waals surface area contributed by atoms with Gasteiger partial charge in [0, 0.05) is 6.04 Å². The van der Waals surface area contributed by atoms with Gasteiger partial charge in [0.1, 0.15) is 0 Å². The highest BCUT2D eigenvalue weighted by Crippen LogP contribution is 2.49. The van der Waals surface area contributed by atoms with Gasteiger partial charge in [-0.15, -0.1) is 0 Å². The molecule has 0 radical (unpaired) electrons. The summed E-state index contributed by atoms with van der Waals surface area (Å²) in [5.74, 6) is 0.619. The van der Waals surface area contributed by atoms with Crippen LogP contribution in [-0.2, 0) is 0 Å². The lowest BCUT2D eigenvalue weighted by molar-refractivity contribution is 0.195. The second-order valence-electron chi connectivity index (χ2n) is 6.47. The van der Waals surface area contributed by atoms with Crippen LogP contribution < -0.4 is 5.32 Å². The maximum absolute atomic E-state index is 3.60. The van der Waals surface area contributed by atoms with Gasteiger partial charge in [-0.05, 0) is 48.8 Å². The van der Waals surface area contributed by atoms with E-state index in [2.05, 4.69) is 57.4 Å². The third-order valence-electron chi connectivity index (χ3n) is 5.14. The molecule has 0 spiro atoms. The van der Waals surface area contributed by atoms with Crippen LogP contribution in [0.2, 0.25) is 0 Å². The van der Waals surface area contributed by atoms with Crippen molar-refractivity contribution in [3.8, 4) is 0 Å². The molecule has 0 amide bonds. The third-order valence-corrected chi connectivity index (χ3v) is 5.14. The molecule has 1 aromatic rings. The smallest absolute Gasteiger partial charge is 0.0374 e. The average Bonchev–Trinajstić information content (AvgIpc) is 2.90. The summed E-state index contributed by atoms with van der Waals surface area (Å²) in [7, 11) is 2.12. The van der Waals surface area contributed by atoms with Crippen molar-refractivity contribution in [1.29, 1.82) is 0 Å². The minimum atomic E-state index is 0.480. The normalized spacial score (nSPS) is 19.8. The molecular formula is C18H29N. The summed E-state index contributed by atoms with van der Waals surface area (Å²) in [6.45, 7) is 6.88. The van der Waals surface area contributed by atoms with Crippen LogP contribution in [0.1, 0.15) is 76.0 Å². The predicted octanol–water partition coefficient (Wildman–Crippen LogP) is 5.04. The van der Waals surface area contributed by atoms with Crippen LogP contribution in [0.25, 0.3) is 0 Å². The highest BCUT2D eigenvalue weighted by molar-refractivity contribution is 5.28. The Hall–Kier alpha value is -0.820. The lowest BCUT2D eigenvalue weighted by Crippen LogP contribution is -2.34. The quantitative estimate of drug-likeness (QED) is 0.781. The molecule has 1 nitrogen and oxygen atoms in total. The minimum Gasteiger partial charge on any atom is -0.313 e. The van der Waals surface area contributed by atoms with Gasteiger partial charge in [0.2, 0.25) is 0 Å². The molecular weight excluding hydrogens is 230 g/mol. The summed E-state index contributed by atoms with van der Waals surface area (Å²) in [4.78, 5) is 0. The summed E-state index contributed by atoms with van der Waals surface area (Å²) in [6, 6.07) is 9.81. The van der Waals surface area contributed by atoms with E-state index in [1.54, 1.807) is 0 Å². The van der Waals surface area contributed by atoms with E-state index in [-0.39, 0.29) is 0 Å². The van der Waals surface area contributed by atoms with Gasteiger partial charge in [-0.2, -0.15) is 0 Å². The molecule has 0 aromatic heterocycles. The minimum absolute atomic E-state index is 0.480. The van der Waals surface area contributed by atoms with Gasteiger partial charge in [-0.3, -0.25) is 0 Å². The first kappa shape index (κ1) is 14.6. The van der Waals surface area contributed by atoms with Gasteiger partial charge in [-0.1, -0.05) is 57.9 Å². The fraction of sp³-hybridized carbons (Fsp3) is 0.667. The van der Waals surface area contributed by atoms with Gasteiger partial charge in [0.15, 0.2) is 0 Å². The predicted molar refractivity (Wildman–Crippen MR) is 83.5 cm³/mol. The summed E-state index contributed by atoms with van der Waals surface area (Å²) >= 11 is 0. The Morgan fingerprint density at radius 3 is 2.00 bits per heavy atom. The second-order valence-corrected chi connectivity index (χ2v) is 6.47. The van der Waals surface area contributed by atoms with Gasteiger partial charge in [0.25, 0.3) is 0 Å². The Kier molecular flexibility index (Phi) is 4.67. The van der Waals surface area contributed by atoms with Crippen LogP contribution in [-0.4, -0.2) is 7.05 Å².